The van der Waals surface area contributed by atoms with E-state index in [1.807, 2.05) is 83.8 Å². The molecule has 0 radical (unpaired) electrons. The summed E-state index contributed by atoms with van der Waals surface area (Å²) < 4.78 is 6.09. The summed E-state index contributed by atoms with van der Waals surface area (Å²) in [5.41, 5.74) is 4.07. The molecule has 0 spiro atoms. The lowest BCUT2D eigenvalue weighted by Gasteiger charge is -2.24. The van der Waals surface area contributed by atoms with E-state index in [4.69, 9.17) is 4.74 Å². The number of ether oxygens (including phenoxy) is 1. The third kappa shape index (κ3) is 3.11. The van der Waals surface area contributed by atoms with Crippen molar-refractivity contribution < 1.29 is 9.53 Å². The Bertz CT molecular complexity index is 905. The van der Waals surface area contributed by atoms with Crippen molar-refractivity contribution in [3.05, 3.63) is 108 Å². The monoisotopic (exact) mass is 341 g/mol. The highest BCUT2D eigenvalue weighted by Crippen LogP contribution is 2.39. The zero-order valence-corrected chi connectivity index (χ0v) is 14.3. The van der Waals surface area contributed by atoms with Gasteiger partial charge in [0.1, 0.15) is 0 Å². The Morgan fingerprint density at radius 1 is 0.769 bits per heavy atom. The first kappa shape index (κ1) is 16.2. The molecule has 3 nitrogen and oxygen atoms in total. The van der Waals surface area contributed by atoms with E-state index in [0.717, 1.165) is 34.4 Å². The van der Waals surface area contributed by atoms with Gasteiger partial charge in [-0.25, -0.2) is 0 Å². The molecule has 3 heteroatoms. The van der Waals surface area contributed by atoms with Crippen molar-refractivity contribution in [3.8, 4) is 0 Å². The molecule has 0 fully saturated rings. The van der Waals surface area contributed by atoms with Gasteiger partial charge in [-0.05, 0) is 5.56 Å². The highest BCUT2D eigenvalue weighted by molar-refractivity contribution is 5.90. The van der Waals surface area contributed by atoms with Gasteiger partial charge in [-0.2, -0.15) is 0 Å². The summed E-state index contributed by atoms with van der Waals surface area (Å²) in [5, 5.41) is 0. The van der Waals surface area contributed by atoms with E-state index >= 15 is 0 Å². The molecule has 1 aliphatic heterocycles. The zero-order valence-electron chi connectivity index (χ0n) is 14.3. The minimum absolute atomic E-state index is 0.602. The number of nitrogens with zero attached hydrogens (tertiary/aromatic N) is 1. The summed E-state index contributed by atoms with van der Waals surface area (Å²) in [6.07, 6.45) is 0.225. The molecule has 0 saturated carbocycles. The maximum absolute atomic E-state index is 11.8. The molecule has 0 saturated heterocycles. The third-order valence-electron chi connectivity index (χ3n) is 4.44. The fourth-order valence-electron chi connectivity index (χ4n) is 3.24. The molecule has 26 heavy (non-hydrogen) atoms. The van der Waals surface area contributed by atoms with Crippen molar-refractivity contribution in [1.82, 2.24) is 4.90 Å². The number of benzene rings is 3. The van der Waals surface area contributed by atoms with Crippen LogP contribution in [0.5, 0.6) is 0 Å². The molecule has 4 rings (SSSR count). The third-order valence-corrected chi connectivity index (χ3v) is 4.44. The van der Waals surface area contributed by atoms with Gasteiger partial charge < -0.3 is 9.64 Å². The predicted octanol–water partition coefficient (Wildman–Crippen LogP) is 4.57. The lowest BCUT2D eigenvalue weighted by atomic mass is 10.1. The molecule has 1 heterocycles. The minimum atomic E-state index is -0.638. The second-order valence-electron chi connectivity index (χ2n) is 6.17. The van der Waals surface area contributed by atoms with Gasteiger partial charge in [-0.15, -0.1) is 0 Å². The molecule has 0 N–H and O–H groups in total. The lowest BCUT2D eigenvalue weighted by molar-refractivity contribution is -0.119. The van der Waals surface area contributed by atoms with Gasteiger partial charge in [-0.3, -0.25) is 4.79 Å². The van der Waals surface area contributed by atoms with Crippen LogP contribution in [0.4, 0.5) is 0 Å². The molecular formula is C23H19NO2. The summed E-state index contributed by atoms with van der Waals surface area (Å²) in [6, 6.07) is 30.1. The summed E-state index contributed by atoms with van der Waals surface area (Å²) >= 11 is 0. The zero-order chi connectivity index (χ0) is 17.8. The summed E-state index contributed by atoms with van der Waals surface area (Å²) in [5.74, 6) is 0.741. The highest BCUT2D eigenvalue weighted by Gasteiger charge is 2.34. The van der Waals surface area contributed by atoms with E-state index in [2.05, 4.69) is 12.1 Å². The molecule has 1 atom stereocenters. The van der Waals surface area contributed by atoms with E-state index < -0.39 is 6.23 Å². The first-order chi connectivity index (χ1) is 12.9. The van der Waals surface area contributed by atoms with Gasteiger partial charge in [0.15, 0.2) is 12.0 Å². The molecule has 0 amide bonds. The fourth-order valence-corrected chi connectivity index (χ4v) is 3.24. The standard InChI is InChI=1S/C23H19NO2/c25-17-21-24(16-18-10-4-1-5-11-18)22(19-12-6-2-7-13-19)23(26-21)20-14-8-3-9-15-20/h1-15,17,21H,16H2. The van der Waals surface area contributed by atoms with Crippen LogP contribution in [0, 0.1) is 0 Å². The Balaban J connectivity index is 1.83. The second kappa shape index (κ2) is 7.28. The second-order valence-corrected chi connectivity index (χ2v) is 6.17. The lowest BCUT2D eigenvalue weighted by Crippen LogP contribution is -2.31. The number of hydrogen-bond donors (Lipinski definition) is 0. The van der Waals surface area contributed by atoms with Crippen molar-refractivity contribution in [2.45, 2.75) is 12.8 Å². The maximum Gasteiger partial charge on any atom is 0.229 e. The molecule has 3 aromatic carbocycles. The number of aldehydes is 1. The Kier molecular flexibility index (Phi) is 4.52. The number of carbonyl (C=O) groups is 1. The van der Waals surface area contributed by atoms with Gasteiger partial charge >= 0.3 is 0 Å². The van der Waals surface area contributed by atoms with Crippen LogP contribution in [0.25, 0.3) is 11.5 Å². The predicted molar refractivity (Wildman–Crippen MR) is 103 cm³/mol. The average molecular weight is 341 g/mol. The Labute approximate surface area is 153 Å². The Morgan fingerprint density at radius 2 is 1.31 bits per heavy atom. The number of hydrogen-bond acceptors (Lipinski definition) is 3. The first-order valence-electron chi connectivity index (χ1n) is 8.64. The van der Waals surface area contributed by atoms with E-state index in [1.165, 1.54) is 0 Å². The van der Waals surface area contributed by atoms with Crippen LogP contribution in [0.15, 0.2) is 91.0 Å². The summed E-state index contributed by atoms with van der Waals surface area (Å²) in [4.78, 5) is 13.8. The summed E-state index contributed by atoms with van der Waals surface area (Å²) in [7, 11) is 0. The van der Waals surface area contributed by atoms with Crippen LogP contribution in [0.1, 0.15) is 16.7 Å². The molecule has 0 aliphatic carbocycles. The molecular weight excluding hydrogens is 322 g/mol. The molecule has 3 aromatic rings. The smallest absolute Gasteiger partial charge is 0.229 e. The van der Waals surface area contributed by atoms with Crippen molar-refractivity contribution in [2.75, 3.05) is 0 Å². The normalized spacial score (nSPS) is 16.5. The fraction of sp³-hybridized carbons (Fsp3) is 0.0870. The van der Waals surface area contributed by atoms with Crippen LogP contribution < -0.4 is 0 Å². The van der Waals surface area contributed by atoms with Crippen LogP contribution in [0.3, 0.4) is 0 Å². The van der Waals surface area contributed by atoms with E-state index in [1.54, 1.807) is 0 Å². The van der Waals surface area contributed by atoms with Crippen molar-refractivity contribution in [3.63, 3.8) is 0 Å². The SMILES string of the molecule is O=CC1OC(c2ccccc2)=C(c2ccccc2)N1Cc1ccccc1. The topological polar surface area (TPSA) is 29.5 Å². The van der Waals surface area contributed by atoms with E-state index in [0.29, 0.717) is 6.54 Å². The van der Waals surface area contributed by atoms with Crippen LogP contribution in [-0.2, 0) is 16.1 Å². The van der Waals surface area contributed by atoms with Crippen molar-refractivity contribution in [2.24, 2.45) is 0 Å². The van der Waals surface area contributed by atoms with Crippen LogP contribution in [0.2, 0.25) is 0 Å². The van der Waals surface area contributed by atoms with Crippen LogP contribution >= 0.6 is 0 Å². The largest absolute Gasteiger partial charge is 0.461 e. The van der Waals surface area contributed by atoms with E-state index in [-0.39, 0.29) is 0 Å². The molecule has 0 aromatic heterocycles. The van der Waals surface area contributed by atoms with Gasteiger partial charge in [0.25, 0.3) is 0 Å². The van der Waals surface area contributed by atoms with Crippen LogP contribution in [-0.4, -0.2) is 17.4 Å². The van der Waals surface area contributed by atoms with Crippen molar-refractivity contribution >= 4 is 17.7 Å². The average Bonchev–Trinajstić information content (AvgIpc) is 3.08. The Hall–Kier alpha value is -3.33. The molecule has 0 bridgehead atoms. The van der Waals surface area contributed by atoms with Gasteiger partial charge in [0.05, 0.1) is 5.70 Å². The maximum atomic E-state index is 11.8. The molecule has 1 aliphatic rings. The first-order valence-corrected chi connectivity index (χ1v) is 8.64. The number of carbonyl (C=O) groups excluding carboxylic acids is 1. The number of rotatable bonds is 5. The van der Waals surface area contributed by atoms with E-state index in [9.17, 15) is 4.79 Å². The van der Waals surface area contributed by atoms with Crippen molar-refractivity contribution in [1.29, 1.82) is 0 Å². The van der Waals surface area contributed by atoms with Gasteiger partial charge in [0.2, 0.25) is 6.23 Å². The quantitative estimate of drug-likeness (QED) is 0.637. The summed E-state index contributed by atoms with van der Waals surface area (Å²) in [6.45, 7) is 0.602. The Morgan fingerprint density at radius 3 is 1.88 bits per heavy atom. The molecule has 128 valence electrons. The van der Waals surface area contributed by atoms with Gasteiger partial charge in [0, 0.05) is 17.7 Å². The minimum Gasteiger partial charge on any atom is -0.461 e. The molecule has 1 unspecified atom stereocenters. The van der Waals surface area contributed by atoms with Gasteiger partial charge in [-0.1, -0.05) is 91.0 Å². The highest BCUT2D eigenvalue weighted by atomic mass is 16.5.